The molecule has 0 saturated heterocycles. The molecule has 0 saturated carbocycles. The van der Waals surface area contributed by atoms with Gasteiger partial charge in [0.1, 0.15) is 0 Å². The molecule has 0 amide bonds. The van der Waals surface area contributed by atoms with E-state index in [1.807, 2.05) is 63.2 Å². The van der Waals surface area contributed by atoms with Gasteiger partial charge < -0.3 is 0 Å². The quantitative estimate of drug-likeness (QED) is 0.567. The molecule has 6 nitrogen and oxygen atoms in total. The van der Waals surface area contributed by atoms with Crippen LogP contribution in [0.1, 0.15) is 28.1 Å². The number of nitrogens with zero attached hydrogens (tertiary/aromatic N) is 3. The highest BCUT2D eigenvalue weighted by Crippen LogP contribution is 2.18. The van der Waals surface area contributed by atoms with E-state index in [0.717, 1.165) is 22.2 Å². The van der Waals surface area contributed by atoms with Gasteiger partial charge in [-0.1, -0.05) is 48.0 Å². The highest BCUT2D eigenvalue weighted by atomic mass is 16.1. The SMILES string of the molecule is Cc1cccc(Cc2c(C)nc(Nc3nc(C)c4ccccc4n3)[nH]c2=O)c1. The molecule has 0 fully saturated rings. The molecule has 28 heavy (non-hydrogen) atoms. The predicted octanol–water partition coefficient (Wildman–Crippen LogP) is 3.97. The summed E-state index contributed by atoms with van der Waals surface area (Å²) in [5, 5.41) is 4.03. The maximum atomic E-state index is 12.6. The maximum absolute atomic E-state index is 12.6. The van der Waals surface area contributed by atoms with Crippen LogP contribution in [0.25, 0.3) is 10.9 Å². The zero-order valence-corrected chi connectivity index (χ0v) is 16.1. The van der Waals surface area contributed by atoms with Crippen LogP contribution in [-0.4, -0.2) is 19.9 Å². The fourth-order valence-corrected chi connectivity index (χ4v) is 3.30. The number of aromatic nitrogens is 4. The van der Waals surface area contributed by atoms with Crippen molar-refractivity contribution >= 4 is 22.8 Å². The Kier molecular flexibility index (Phi) is 4.61. The molecule has 4 rings (SSSR count). The molecule has 2 heterocycles. The fraction of sp³-hybridized carbons (Fsp3) is 0.182. The molecule has 0 bridgehead atoms. The summed E-state index contributed by atoms with van der Waals surface area (Å²) < 4.78 is 0. The van der Waals surface area contributed by atoms with Crippen molar-refractivity contribution in [1.82, 2.24) is 19.9 Å². The van der Waals surface area contributed by atoms with Crippen LogP contribution in [0, 0.1) is 20.8 Å². The smallest absolute Gasteiger partial charge is 0.256 e. The van der Waals surface area contributed by atoms with Gasteiger partial charge in [0.15, 0.2) is 0 Å². The number of para-hydroxylation sites is 1. The normalized spacial score (nSPS) is 11.0. The Hall–Kier alpha value is -3.54. The molecule has 0 unspecified atom stereocenters. The van der Waals surface area contributed by atoms with Gasteiger partial charge in [-0.15, -0.1) is 0 Å². The van der Waals surface area contributed by atoms with Crippen molar-refractivity contribution in [2.24, 2.45) is 0 Å². The first-order valence-corrected chi connectivity index (χ1v) is 9.15. The number of anilines is 2. The van der Waals surface area contributed by atoms with E-state index in [-0.39, 0.29) is 5.56 Å². The average Bonchev–Trinajstić information content (AvgIpc) is 2.65. The first-order chi connectivity index (χ1) is 13.5. The van der Waals surface area contributed by atoms with Crippen LogP contribution in [0.15, 0.2) is 53.3 Å². The molecule has 0 spiro atoms. The molecule has 0 atom stereocenters. The van der Waals surface area contributed by atoms with Crippen LogP contribution >= 0.6 is 0 Å². The number of rotatable bonds is 4. The number of benzene rings is 2. The second kappa shape index (κ2) is 7.23. The summed E-state index contributed by atoms with van der Waals surface area (Å²) in [6.45, 7) is 5.82. The summed E-state index contributed by atoms with van der Waals surface area (Å²) in [5.41, 5.74) is 5.15. The molecule has 2 N–H and O–H groups in total. The number of H-pyrrole nitrogens is 1. The van der Waals surface area contributed by atoms with Crippen molar-refractivity contribution in [3.8, 4) is 0 Å². The van der Waals surface area contributed by atoms with E-state index >= 15 is 0 Å². The first-order valence-electron chi connectivity index (χ1n) is 9.15. The van der Waals surface area contributed by atoms with E-state index in [9.17, 15) is 4.79 Å². The standard InChI is InChI=1S/C22H21N5O/c1-13-7-6-8-16(11-13)12-18-15(3)24-22(26-20(18)28)27-21-23-14(2)17-9-4-5-10-19(17)25-21/h4-11H,12H2,1-3H3,(H2,23,24,25,26,27,28). The fourth-order valence-electron chi connectivity index (χ4n) is 3.30. The highest BCUT2D eigenvalue weighted by Gasteiger charge is 2.11. The number of hydrogen-bond acceptors (Lipinski definition) is 5. The van der Waals surface area contributed by atoms with Crippen molar-refractivity contribution in [3.05, 3.63) is 87.0 Å². The Balaban J connectivity index is 1.64. The third-order valence-electron chi connectivity index (χ3n) is 4.71. The molecule has 2 aromatic carbocycles. The molecule has 0 aliphatic carbocycles. The highest BCUT2D eigenvalue weighted by molar-refractivity contribution is 5.81. The van der Waals surface area contributed by atoms with Gasteiger partial charge >= 0.3 is 0 Å². The molecule has 140 valence electrons. The maximum Gasteiger partial charge on any atom is 0.256 e. The Bertz CT molecular complexity index is 1230. The molecule has 0 radical (unpaired) electrons. The van der Waals surface area contributed by atoms with Crippen molar-refractivity contribution in [2.45, 2.75) is 27.2 Å². The summed E-state index contributed by atoms with van der Waals surface area (Å²) in [6, 6.07) is 15.9. The lowest BCUT2D eigenvalue weighted by Gasteiger charge is -2.10. The van der Waals surface area contributed by atoms with Gasteiger partial charge in [-0.25, -0.2) is 15.0 Å². The number of aromatic amines is 1. The zero-order chi connectivity index (χ0) is 19.7. The lowest BCUT2D eigenvalue weighted by Crippen LogP contribution is -2.19. The predicted molar refractivity (Wildman–Crippen MR) is 111 cm³/mol. The van der Waals surface area contributed by atoms with E-state index in [2.05, 4.69) is 31.3 Å². The summed E-state index contributed by atoms with van der Waals surface area (Å²) in [6.07, 6.45) is 0.543. The van der Waals surface area contributed by atoms with Gasteiger partial charge in [0.05, 0.1) is 16.9 Å². The monoisotopic (exact) mass is 371 g/mol. The van der Waals surface area contributed by atoms with Crippen LogP contribution in [-0.2, 0) is 6.42 Å². The second-order valence-corrected chi connectivity index (χ2v) is 6.92. The number of nitrogens with one attached hydrogen (secondary N) is 2. The summed E-state index contributed by atoms with van der Waals surface area (Å²) in [7, 11) is 0. The van der Waals surface area contributed by atoms with Crippen LogP contribution in [0.4, 0.5) is 11.9 Å². The van der Waals surface area contributed by atoms with E-state index in [1.54, 1.807) is 0 Å². The third kappa shape index (κ3) is 3.62. The number of hydrogen-bond donors (Lipinski definition) is 2. The minimum Gasteiger partial charge on any atom is -0.294 e. The molecule has 4 aromatic rings. The third-order valence-corrected chi connectivity index (χ3v) is 4.71. The van der Waals surface area contributed by atoms with Gasteiger partial charge in [0.2, 0.25) is 11.9 Å². The van der Waals surface area contributed by atoms with Crippen molar-refractivity contribution in [3.63, 3.8) is 0 Å². The molecular formula is C22H21N5O. The van der Waals surface area contributed by atoms with E-state index in [0.29, 0.717) is 29.6 Å². The molecule has 0 aliphatic rings. The topological polar surface area (TPSA) is 83.6 Å². The summed E-state index contributed by atoms with van der Waals surface area (Å²) in [5.74, 6) is 0.746. The van der Waals surface area contributed by atoms with Gasteiger partial charge in [-0.05, 0) is 32.4 Å². The van der Waals surface area contributed by atoms with E-state index < -0.39 is 0 Å². The van der Waals surface area contributed by atoms with Gasteiger partial charge in [-0.2, -0.15) is 0 Å². The Morgan fingerprint density at radius 2 is 1.75 bits per heavy atom. The van der Waals surface area contributed by atoms with Crippen LogP contribution in [0.3, 0.4) is 0 Å². The number of aryl methyl sites for hydroxylation is 3. The van der Waals surface area contributed by atoms with Crippen molar-refractivity contribution < 1.29 is 0 Å². The molecule has 2 aromatic heterocycles. The van der Waals surface area contributed by atoms with Crippen LogP contribution in [0.2, 0.25) is 0 Å². The van der Waals surface area contributed by atoms with Crippen LogP contribution < -0.4 is 10.9 Å². The van der Waals surface area contributed by atoms with Crippen molar-refractivity contribution in [2.75, 3.05) is 5.32 Å². The number of fused-ring (bicyclic) bond motifs is 1. The largest absolute Gasteiger partial charge is 0.294 e. The second-order valence-electron chi connectivity index (χ2n) is 6.92. The zero-order valence-electron chi connectivity index (χ0n) is 16.1. The van der Waals surface area contributed by atoms with E-state index in [1.165, 1.54) is 5.56 Å². The molecule has 6 heteroatoms. The van der Waals surface area contributed by atoms with E-state index in [4.69, 9.17) is 0 Å². The van der Waals surface area contributed by atoms with Gasteiger partial charge in [0, 0.05) is 17.4 Å². The first kappa shape index (κ1) is 17.9. The summed E-state index contributed by atoms with van der Waals surface area (Å²) >= 11 is 0. The average molecular weight is 371 g/mol. The summed E-state index contributed by atoms with van der Waals surface area (Å²) in [4.78, 5) is 28.9. The minimum absolute atomic E-state index is 0.158. The minimum atomic E-state index is -0.158. The van der Waals surface area contributed by atoms with Crippen molar-refractivity contribution in [1.29, 1.82) is 0 Å². The van der Waals surface area contributed by atoms with Gasteiger partial charge in [0.25, 0.3) is 5.56 Å². The molecule has 0 aliphatic heterocycles. The Labute approximate surface area is 162 Å². The lowest BCUT2D eigenvalue weighted by molar-refractivity contribution is 0.977. The lowest BCUT2D eigenvalue weighted by atomic mass is 10.0. The van der Waals surface area contributed by atoms with Gasteiger partial charge in [-0.3, -0.25) is 15.1 Å². The Morgan fingerprint density at radius 3 is 2.54 bits per heavy atom. The Morgan fingerprint density at radius 1 is 0.929 bits per heavy atom. The molecular weight excluding hydrogens is 350 g/mol. The van der Waals surface area contributed by atoms with Crippen LogP contribution in [0.5, 0.6) is 0 Å².